The Balaban J connectivity index is 2.17. The lowest BCUT2D eigenvalue weighted by molar-refractivity contribution is 0.0691. The summed E-state index contributed by atoms with van der Waals surface area (Å²) in [5, 5.41) is 9.14. The Hall–Kier alpha value is -2.54. The van der Waals surface area contributed by atoms with Gasteiger partial charge in [0.25, 0.3) is 11.8 Å². The van der Waals surface area contributed by atoms with Gasteiger partial charge in [-0.25, -0.2) is 14.7 Å². The van der Waals surface area contributed by atoms with Gasteiger partial charge in [0.15, 0.2) is 5.69 Å². The number of benzene rings is 1. The fraction of sp³-hybridized carbons (Fsp3) is 0. The second-order valence-electron chi connectivity index (χ2n) is 4.31. The molecule has 21 heavy (non-hydrogen) atoms. The molecule has 0 aliphatic carbocycles. The number of fused-ring (bicyclic) bond motifs is 1. The predicted molar refractivity (Wildman–Crippen MR) is 76.5 cm³/mol. The average molecular weight is 347 g/mol. The number of aromatic nitrogens is 1. The standard InChI is InChI=1S/C14H7BrN2O4/c15-7-3-4-8-9(6-7)13(19)17(12(8)18)10-2-1-5-16-11(10)14(20)21/h1-6H,(H,20,21). The Kier molecular flexibility index (Phi) is 3.06. The van der Waals surface area contributed by atoms with Gasteiger partial charge >= 0.3 is 5.97 Å². The molecule has 0 spiro atoms. The van der Waals surface area contributed by atoms with E-state index in [-0.39, 0.29) is 22.5 Å². The Morgan fingerprint density at radius 1 is 1.14 bits per heavy atom. The molecule has 0 saturated heterocycles. The Bertz CT molecular complexity index is 803. The van der Waals surface area contributed by atoms with Gasteiger partial charge in [-0.15, -0.1) is 0 Å². The molecule has 1 aliphatic heterocycles. The molecular weight excluding hydrogens is 340 g/mol. The Morgan fingerprint density at radius 3 is 2.57 bits per heavy atom. The smallest absolute Gasteiger partial charge is 0.356 e. The molecule has 0 atom stereocenters. The third-order valence-corrected chi connectivity index (χ3v) is 3.57. The highest BCUT2D eigenvalue weighted by Gasteiger charge is 2.38. The number of hydrogen-bond acceptors (Lipinski definition) is 4. The Morgan fingerprint density at radius 2 is 1.86 bits per heavy atom. The van der Waals surface area contributed by atoms with E-state index in [1.165, 1.54) is 30.5 Å². The monoisotopic (exact) mass is 346 g/mol. The zero-order chi connectivity index (χ0) is 15.1. The van der Waals surface area contributed by atoms with Gasteiger partial charge in [0, 0.05) is 10.7 Å². The summed E-state index contributed by atoms with van der Waals surface area (Å²) >= 11 is 3.24. The number of carboxylic acid groups (broad SMARTS) is 1. The second kappa shape index (κ2) is 4.78. The lowest BCUT2D eigenvalue weighted by Crippen LogP contribution is -2.31. The normalized spacial score (nSPS) is 13.5. The molecule has 0 saturated carbocycles. The zero-order valence-corrected chi connectivity index (χ0v) is 12.0. The molecule has 0 unspecified atom stereocenters. The topological polar surface area (TPSA) is 87.6 Å². The van der Waals surface area contributed by atoms with Crippen molar-refractivity contribution in [1.29, 1.82) is 0 Å². The number of imide groups is 1. The van der Waals surface area contributed by atoms with E-state index < -0.39 is 17.8 Å². The third kappa shape index (κ3) is 2.02. The number of anilines is 1. The van der Waals surface area contributed by atoms with E-state index in [4.69, 9.17) is 5.11 Å². The largest absolute Gasteiger partial charge is 0.476 e. The van der Waals surface area contributed by atoms with Gasteiger partial charge in [0.1, 0.15) is 0 Å². The molecule has 2 heterocycles. The van der Waals surface area contributed by atoms with E-state index in [9.17, 15) is 14.4 Å². The van der Waals surface area contributed by atoms with Crippen LogP contribution in [0.1, 0.15) is 31.2 Å². The molecule has 1 aliphatic rings. The summed E-state index contributed by atoms with van der Waals surface area (Å²) in [6, 6.07) is 7.56. The molecule has 0 radical (unpaired) electrons. The van der Waals surface area contributed by atoms with Gasteiger partial charge < -0.3 is 5.11 Å². The van der Waals surface area contributed by atoms with Gasteiger partial charge in [0.05, 0.1) is 16.8 Å². The fourth-order valence-corrected chi connectivity index (χ4v) is 2.53. The minimum atomic E-state index is -1.30. The summed E-state index contributed by atoms with van der Waals surface area (Å²) in [5.74, 6) is -2.42. The summed E-state index contributed by atoms with van der Waals surface area (Å²) in [5.41, 5.74) is 0.0938. The zero-order valence-electron chi connectivity index (χ0n) is 10.4. The highest BCUT2D eigenvalue weighted by atomic mass is 79.9. The van der Waals surface area contributed by atoms with E-state index in [2.05, 4.69) is 20.9 Å². The van der Waals surface area contributed by atoms with Crippen molar-refractivity contribution in [3.63, 3.8) is 0 Å². The molecule has 1 aromatic carbocycles. The van der Waals surface area contributed by atoms with Gasteiger partial charge in [-0.3, -0.25) is 9.59 Å². The molecule has 104 valence electrons. The van der Waals surface area contributed by atoms with E-state index in [1.807, 2.05) is 0 Å². The summed E-state index contributed by atoms with van der Waals surface area (Å²) < 4.78 is 0.661. The predicted octanol–water partition coefficient (Wildman–Crippen LogP) is 2.34. The number of carboxylic acids is 1. The number of aromatic carboxylic acids is 1. The summed E-state index contributed by atoms with van der Waals surface area (Å²) in [4.78, 5) is 40.5. The van der Waals surface area contributed by atoms with Crippen molar-refractivity contribution in [3.8, 4) is 0 Å². The van der Waals surface area contributed by atoms with Gasteiger partial charge in [-0.1, -0.05) is 15.9 Å². The van der Waals surface area contributed by atoms with Crippen LogP contribution in [0.15, 0.2) is 41.0 Å². The van der Waals surface area contributed by atoms with Crippen molar-refractivity contribution < 1.29 is 19.5 Å². The van der Waals surface area contributed by atoms with Crippen LogP contribution in [-0.4, -0.2) is 27.9 Å². The number of carbonyl (C=O) groups is 3. The lowest BCUT2D eigenvalue weighted by Gasteiger charge is -2.15. The molecule has 7 heteroatoms. The van der Waals surface area contributed by atoms with Crippen LogP contribution in [0.5, 0.6) is 0 Å². The fourth-order valence-electron chi connectivity index (χ4n) is 2.17. The molecule has 6 nitrogen and oxygen atoms in total. The molecule has 1 N–H and O–H groups in total. The van der Waals surface area contributed by atoms with E-state index in [0.29, 0.717) is 4.47 Å². The van der Waals surface area contributed by atoms with Crippen molar-refractivity contribution in [2.75, 3.05) is 4.90 Å². The number of carbonyl (C=O) groups excluding carboxylic acids is 2. The maximum Gasteiger partial charge on any atom is 0.356 e. The number of halogens is 1. The maximum absolute atomic E-state index is 12.4. The average Bonchev–Trinajstić information content (AvgIpc) is 2.70. The highest BCUT2D eigenvalue weighted by molar-refractivity contribution is 9.10. The first-order chi connectivity index (χ1) is 10.0. The summed E-state index contributed by atoms with van der Waals surface area (Å²) in [7, 11) is 0. The summed E-state index contributed by atoms with van der Waals surface area (Å²) in [6.07, 6.45) is 1.29. The van der Waals surface area contributed by atoms with Crippen molar-refractivity contribution in [1.82, 2.24) is 4.98 Å². The first kappa shape index (κ1) is 13.4. The molecule has 1 aromatic heterocycles. The van der Waals surface area contributed by atoms with Gasteiger partial charge in [-0.2, -0.15) is 0 Å². The minimum absolute atomic E-state index is 0.0349. The van der Waals surface area contributed by atoms with E-state index in [0.717, 1.165) is 4.90 Å². The number of rotatable bonds is 2. The maximum atomic E-state index is 12.4. The SMILES string of the molecule is O=C(O)c1ncccc1N1C(=O)c2ccc(Br)cc2C1=O. The number of hydrogen-bond donors (Lipinski definition) is 1. The molecule has 3 rings (SSSR count). The highest BCUT2D eigenvalue weighted by Crippen LogP contribution is 2.31. The van der Waals surface area contributed by atoms with Crippen molar-refractivity contribution in [3.05, 3.63) is 57.8 Å². The van der Waals surface area contributed by atoms with Crippen LogP contribution in [0.3, 0.4) is 0 Å². The van der Waals surface area contributed by atoms with Crippen LogP contribution in [-0.2, 0) is 0 Å². The minimum Gasteiger partial charge on any atom is -0.476 e. The van der Waals surface area contributed by atoms with Gasteiger partial charge in [-0.05, 0) is 30.3 Å². The molecular formula is C14H7BrN2O4. The first-order valence-corrected chi connectivity index (χ1v) is 6.66. The third-order valence-electron chi connectivity index (χ3n) is 3.08. The molecule has 0 fully saturated rings. The lowest BCUT2D eigenvalue weighted by atomic mass is 10.1. The number of nitrogens with zero attached hydrogens (tertiary/aromatic N) is 2. The molecule has 2 aromatic rings. The summed E-state index contributed by atoms with van der Waals surface area (Å²) in [6.45, 7) is 0. The number of pyridine rings is 1. The van der Waals surface area contributed by atoms with Crippen LogP contribution in [0.2, 0.25) is 0 Å². The van der Waals surface area contributed by atoms with Crippen LogP contribution in [0.4, 0.5) is 5.69 Å². The number of amides is 2. The van der Waals surface area contributed by atoms with E-state index in [1.54, 1.807) is 6.07 Å². The molecule has 2 amide bonds. The van der Waals surface area contributed by atoms with Crippen LogP contribution in [0.25, 0.3) is 0 Å². The van der Waals surface area contributed by atoms with E-state index >= 15 is 0 Å². The Labute approximate surface area is 127 Å². The quantitative estimate of drug-likeness (QED) is 0.843. The van der Waals surface area contributed by atoms with Crippen LogP contribution >= 0.6 is 15.9 Å². The van der Waals surface area contributed by atoms with Crippen molar-refractivity contribution >= 4 is 39.4 Å². The molecule has 0 bridgehead atoms. The van der Waals surface area contributed by atoms with Crippen LogP contribution in [0, 0.1) is 0 Å². The van der Waals surface area contributed by atoms with Gasteiger partial charge in [0.2, 0.25) is 0 Å². The second-order valence-corrected chi connectivity index (χ2v) is 5.23. The van der Waals surface area contributed by atoms with Crippen molar-refractivity contribution in [2.45, 2.75) is 0 Å². The van der Waals surface area contributed by atoms with Crippen LogP contribution < -0.4 is 4.90 Å². The van der Waals surface area contributed by atoms with Crippen molar-refractivity contribution in [2.24, 2.45) is 0 Å². The first-order valence-electron chi connectivity index (χ1n) is 5.87.